The number of hydrogen-bond donors (Lipinski definition) is 0. The van der Waals surface area contributed by atoms with Gasteiger partial charge in [0.15, 0.2) is 0 Å². The fourth-order valence-electron chi connectivity index (χ4n) is 2.45. The van der Waals surface area contributed by atoms with Gasteiger partial charge in [0, 0.05) is 5.56 Å². The lowest BCUT2D eigenvalue weighted by atomic mass is 9.92. The Kier molecular flexibility index (Phi) is 4.94. The van der Waals surface area contributed by atoms with Crippen LogP contribution in [0.25, 0.3) is 0 Å². The van der Waals surface area contributed by atoms with E-state index in [0.717, 1.165) is 23.3 Å². The normalized spacial score (nSPS) is 11.7. The summed E-state index contributed by atoms with van der Waals surface area (Å²) >= 11 is 0. The van der Waals surface area contributed by atoms with Crippen molar-refractivity contribution < 1.29 is 9.13 Å². The van der Waals surface area contributed by atoms with Crippen LogP contribution in [0.3, 0.4) is 0 Å². The molecular weight excluding hydrogens is 265 g/mol. The molecule has 0 spiro atoms. The molecule has 108 valence electrons. The maximum atomic E-state index is 13.8. The fraction of sp³-hybridized carbons (Fsp3) is 0.278. The van der Waals surface area contributed by atoms with Gasteiger partial charge in [0.2, 0.25) is 0 Å². The third-order valence-corrected chi connectivity index (χ3v) is 3.60. The van der Waals surface area contributed by atoms with E-state index in [-0.39, 0.29) is 5.82 Å². The summed E-state index contributed by atoms with van der Waals surface area (Å²) in [6.07, 6.45) is 1.35. The van der Waals surface area contributed by atoms with Crippen LogP contribution in [0.2, 0.25) is 0 Å². The smallest absolute Gasteiger partial charge is 0.127 e. The molecule has 0 heterocycles. The van der Waals surface area contributed by atoms with E-state index in [1.807, 2.05) is 18.2 Å². The van der Waals surface area contributed by atoms with Crippen molar-refractivity contribution in [1.29, 1.82) is 5.26 Å². The van der Waals surface area contributed by atoms with Crippen LogP contribution in [0.4, 0.5) is 4.39 Å². The Hall–Kier alpha value is -2.34. The highest BCUT2D eigenvalue weighted by Crippen LogP contribution is 2.26. The van der Waals surface area contributed by atoms with Gasteiger partial charge in [-0.15, -0.1) is 0 Å². The largest absolute Gasteiger partial charge is 0.496 e. The zero-order valence-electron chi connectivity index (χ0n) is 12.3. The summed E-state index contributed by atoms with van der Waals surface area (Å²) in [5.74, 6) is 0.0400. The molecule has 0 aliphatic carbocycles. The molecule has 0 saturated heterocycles. The maximum Gasteiger partial charge on any atom is 0.127 e. The predicted molar refractivity (Wildman–Crippen MR) is 80.8 cm³/mol. The number of nitrogens with zero attached hydrogens (tertiary/aromatic N) is 1. The van der Waals surface area contributed by atoms with E-state index in [4.69, 9.17) is 4.74 Å². The first-order valence-corrected chi connectivity index (χ1v) is 6.99. The van der Waals surface area contributed by atoms with Crippen LogP contribution < -0.4 is 4.74 Å². The first kappa shape index (κ1) is 15.1. The number of hydrogen-bond acceptors (Lipinski definition) is 2. The number of halogens is 1. The van der Waals surface area contributed by atoms with Crippen LogP contribution in [-0.4, -0.2) is 7.11 Å². The molecule has 0 fully saturated rings. The standard InChI is InChI=1S/C18H18FNO/c1-3-14-10-13(8-9-18(14)21-2)11-15(12-20)16-6-4-5-7-17(16)19/h4-10,15H,3,11H2,1-2H3. The zero-order valence-corrected chi connectivity index (χ0v) is 12.3. The van der Waals surface area contributed by atoms with Gasteiger partial charge in [-0.2, -0.15) is 5.26 Å². The topological polar surface area (TPSA) is 33.0 Å². The van der Waals surface area contributed by atoms with Crippen molar-refractivity contribution in [1.82, 2.24) is 0 Å². The Morgan fingerprint density at radius 2 is 2.00 bits per heavy atom. The Morgan fingerprint density at radius 3 is 2.62 bits per heavy atom. The van der Waals surface area contributed by atoms with Crippen molar-refractivity contribution in [3.63, 3.8) is 0 Å². The molecule has 2 nitrogen and oxygen atoms in total. The van der Waals surface area contributed by atoms with E-state index >= 15 is 0 Å². The van der Waals surface area contributed by atoms with Crippen LogP contribution in [0.5, 0.6) is 5.75 Å². The van der Waals surface area contributed by atoms with Gasteiger partial charge in [0.05, 0.1) is 19.1 Å². The monoisotopic (exact) mass is 283 g/mol. The average molecular weight is 283 g/mol. The van der Waals surface area contributed by atoms with Gasteiger partial charge in [-0.1, -0.05) is 37.3 Å². The lowest BCUT2D eigenvalue weighted by Crippen LogP contribution is -2.04. The first-order chi connectivity index (χ1) is 10.2. The molecule has 0 saturated carbocycles. The van der Waals surface area contributed by atoms with Gasteiger partial charge in [-0.25, -0.2) is 4.39 Å². The molecule has 0 aliphatic rings. The number of aryl methyl sites for hydroxylation is 1. The molecule has 0 N–H and O–H groups in total. The number of ether oxygens (including phenoxy) is 1. The third kappa shape index (κ3) is 3.41. The van der Waals surface area contributed by atoms with Crippen molar-refractivity contribution in [2.75, 3.05) is 7.11 Å². The molecule has 2 rings (SSSR count). The second-order valence-electron chi connectivity index (χ2n) is 4.91. The van der Waals surface area contributed by atoms with E-state index in [1.165, 1.54) is 6.07 Å². The third-order valence-electron chi connectivity index (χ3n) is 3.60. The van der Waals surface area contributed by atoms with E-state index in [0.29, 0.717) is 12.0 Å². The van der Waals surface area contributed by atoms with Crippen molar-refractivity contribution in [2.45, 2.75) is 25.7 Å². The summed E-state index contributed by atoms with van der Waals surface area (Å²) in [4.78, 5) is 0. The summed E-state index contributed by atoms with van der Waals surface area (Å²) < 4.78 is 19.1. The molecule has 1 unspecified atom stereocenters. The van der Waals surface area contributed by atoms with E-state index in [9.17, 15) is 9.65 Å². The summed E-state index contributed by atoms with van der Waals surface area (Å²) in [5.41, 5.74) is 2.57. The molecule has 21 heavy (non-hydrogen) atoms. The zero-order chi connectivity index (χ0) is 15.2. The average Bonchev–Trinajstić information content (AvgIpc) is 2.53. The predicted octanol–water partition coefficient (Wildman–Crippen LogP) is 4.25. The first-order valence-electron chi connectivity index (χ1n) is 6.99. The lowest BCUT2D eigenvalue weighted by molar-refractivity contribution is 0.410. The minimum Gasteiger partial charge on any atom is -0.496 e. The van der Waals surface area contributed by atoms with Gasteiger partial charge in [0.25, 0.3) is 0 Å². The fourth-order valence-corrected chi connectivity index (χ4v) is 2.45. The Bertz CT molecular complexity index is 661. The lowest BCUT2D eigenvalue weighted by Gasteiger charge is -2.13. The molecule has 2 aromatic carbocycles. The minimum absolute atomic E-state index is 0.326. The van der Waals surface area contributed by atoms with Crippen LogP contribution in [0.15, 0.2) is 42.5 Å². The minimum atomic E-state index is -0.482. The van der Waals surface area contributed by atoms with Crippen molar-refractivity contribution in [3.05, 3.63) is 65.0 Å². The number of nitriles is 1. The molecule has 2 aromatic rings. The SMILES string of the molecule is CCc1cc(CC(C#N)c2ccccc2F)ccc1OC. The Balaban J connectivity index is 2.28. The van der Waals surface area contributed by atoms with Crippen molar-refractivity contribution in [2.24, 2.45) is 0 Å². The molecule has 0 bridgehead atoms. The molecular formula is C18H18FNO. The molecule has 0 amide bonds. The van der Waals surface area contributed by atoms with E-state index < -0.39 is 5.92 Å². The maximum absolute atomic E-state index is 13.8. The molecule has 0 aromatic heterocycles. The highest BCUT2D eigenvalue weighted by Gasteiger charge is 2.16. The van der Waals surface area contributed by atoms with Gasteiger partial charge in [-0.05, 0) is 36.1 Å². The molecule has 1 atom stereocenters. The van der Waals surface area contributed by atoms with Gasteiger partial charge in [0.1, 0.15) is 11.6 Å². The highest BCUT2D eigenvalue weighted by atomic mass is 19.1. The number of rotatable bonds is 5. The van der Waals surface area contributed by atoms with Gasteiger partial charge >= 0.3 is 0 Å². The summed E-state index contributed by atoms with van der Waals surface area (Å²) in [7, 11) is 1.64. The summed E-state index contributed by atoms with van der Waals surface area (Å²) in [6.45, 7) is 2.06. The van der Waals surface area contributed by atoms with E-state index in [2.05, 4.69) is 13.0 Å². The van der Waals surface area contributed by atoms with Crippen LogP contribution >= 0.6 is 0 Å². The molecule has 3 heteroatoms. The molecule has 0 aliphatic heterocycles. The van der Waals surface area contributed by atoms with Crippen molar-refractivity contribution in [3.8, 4) is 11.8 Å². The van der Waals surface area contributed by atoms with Crippen LogP contribution in [0.1, 0.15) is 29.5 Å². The summed E-state index contributed by atoms with van der Waals surface area (Å²) in [5, 5.41) is 9.35. The Labute approximate surface area is 124 Å². The van der Waals surface area contributed by atoms with Crippen molar-refractivity contribution >= 4 is 0 Å². The highest BCUT2D eigenvalue weighted by molar-refractivity contribution is 5.39. The van der Waals surface area contributed by atoms with Crippen LogP contribution in [-0.2, 0) is 12.8 Å². The number of methoxy groups -OCH3 is 1. The second-order valence-corrected chi connectivity index (χ2v) is 4.91. The van der Waals surface area contributed by atoms with Crippen LogP contribution in [0, 0.1) is 17.1 Å². The number of benzene rings is 2. The summed E-state index contributed by atoms with van der Waals surface area (Å²) in [6, 6.07) is 14.5. The van der Waals surface area contributed by atoms with Gasteiger partial charge < -0.3 is 4.74 Å². The Morgan fingerprint density at radius 1 is 1.24 bits per heavy atom. The quantitative estimate of drug-likeness (QED) is 0.822. The van der Waals surface area contributed by atoms with E-state index in [1.54, 1.807) is 25.3 Å². The molecule has 0 radical (unpaired) electrons. The second kappa shape index (κ2) is 6.90. The van der Waals surface area contributed by atoms with Gasteiger partial charge in [-0.3, -0.25) is 0 Å².